The summed E-state index contributed by atoms with van der Waals surface area (Å²) < 4.78 is 10.9. The first-order valence-corrected chi connectivity index (χ1v) is 7.34. The summed E-state index contributed by atoms with van der Waals surface area (Å²) in [7, 11) is 1.68. The lowest BCUT2D eigenvalue weighted by Crippen LogP contribution is -1.94. The number of aryl methyl sites for hydroxylation is 2. The van der Waals surface area contributed by atoms with E-state index in [0.29, 0.717) is 13.2 Å². The molecule has 0 radical (unpaired) electrons. The van der Waals surface area contributed by atoms with Crippen LogP contribution < -0.4 is 4.74 Å². The van der Waals surface area contributed by atoms with E-state index >= 15 is 0 Å². The number of rotatable bonds is 5. The van der Waals surface area contributed by atoms with Gasteiger partial charge in [-0.05, 0) is 42.5 Å². The molecule has 0 unspecified atom stereocenters. The number of hydrogen-bond donors (Lipinski definition) is 0. The van der Waals surface area contributed by atoms with Gasteiger partial charge in [-0.15, -0.1) is 11.3 Å². The van der Waals surface area contributed by atoms with Crippen molar-refractivity contribution in [2.45, 2.75) is 32.5 Å². The van der Waals surface area contributed by atoms with Gasteiger partial charge >= 0.3 is 0 Å². The van der Waals surface area contributed by atoms with Crippen LogP contribution in [0.25, 0.3) is 0 Å². The zero-order valence-electron chi connectivity index (χ0n) is 11.0. The van der Waals surface area contributed by atoms with Crippen LogP contribution in [0.1, 0.15) is 27.4 Å². The molecular weight excluding hydrogens is 258 g/mol. The van der Waals surface area contributed by atoms with E-state index in [1.807, 2.05) is 6.20 Å². The molecule has 3 rings (SSSR count). The molecule has 0 spiro atoms. The first-order chi connectivity index (χ1) is 9.35. The van der Waals surface area contributed by atoms with E-state index in [1.165, 1.54) is 30.4 Å². The van der Waals surface area contributed by atoms with Crippen LogP contribution >= 0.6 is 11.3 Å². The van der Waals surface area contributed by atoms with Crippen molar-refractivity contribution in [2.75, 3.05) is 7.11 Å². The molecule has 19 heavy (non-hydrogen) atoms. The standard InChI is InChI=1S/C15H17NO2S/c1-17-10-15-16-8-14(19-15)9-18-13-6-5-11-3-2-4-12(11)7-13/h5-8H,2-4,9-10H2,1H3. The Balaban J connectivity index is 1.62. The number of nitrogens with zero attached hydrogens (tertiary/aromatic N) is 1. The Morgan fingerprint density at radius 2 is 2.11 bits per heavy atom. The molecule has 100 valence electrons. The second kappa shape index (κ2) is 5.72. The first kappa shape index (κ1) is 12.6. The highest BCUT2D eigenvalue weighted by Gasteiger charge is 2.11. The third-order valence-corrected chi connectivity index (χ3v) is 4.26. The fourth-order valence-electron chi connectivity index (χ4n) is 2.40. The van der Waals surface area contributed by atoms with Crippen LogP contribution in [0.15, 0.2) is 24.4 Å². The second-order valence-electron chi connectivity index (χ2n) is 4.73. The van der Waals surface area contributed by atoms with Crippen molar-refractivity contribution in [1.82, 2.24) is 4.98 Å². The van der Waals surface area contributed by atoms with Crippen LogP contribution in [-0.2, 0) is 30.8 Å². The molecule has 3 nitrogen and oxygen atoms in total. The van der Waals surface area contributed by atoms with Gasteiger partial charge in [-0.3, -0.25) is 0 Å². The van der Waals surface area contributed by atoms with Crippen molar-refractivity contribution in [2.24, 2.45) is 0 Å². The van der Waals surface area contributed by atoms with Crippen LogP contribution in [0.5, 0.6) is 5.75 Å². The topological polar surface area (TPSA) is 31.4 Å². The summed E-state index contributed by atoms with van der Waals surface area (Å²) in [5.74, 6) is 0.961. The Morgan fingerprint density at radius 1 is 1.21 bits per heavy atom. The van der Waals surface area contributed by atoms with E-state index in [0.717, 1.165) is 15.6 Å². The second-order valence-corrected chi connectivity index (χ2v) is 5.93. The molecule has 0 amide bonds. The number of thiazole rings is 1. The molecule has 0 saturated heterocycles. The van der Waals surface area contributed by atoms with Crippen molar-refractivity contribution in [1.29, 1.82) is 0 Å². The predicted molar refractivity (Wildman–Crippen MR) is 75.6 cm³/mol. The van der Waals surface area contributed by atoms with E-state index in [-0.39, 0.29) is 0 Å². The van der Waals surface area contributed by atoms with Crippen molar-refractivity contribution in [3.8, 4) is 5.75 Å². The van der Waals surface area contributed by atoms with Crippen molar-refractivity contribution in [3.05, 3.63) is 45.4 Å². The molecule has 0 bridgehead atoms. The highest BCUT2D eigenvalue weighted by Crippen LogP contribution is 2.26. The minimum Gasteiger partial charge on any atom is -0.488 e. The Morgan fingerprint density at radius 3 is 3.00 bits per heavy atom. The normalized spacial score (nSPS) is 13.5. The largest absolute Gasteiger partial charge is 0.488 e. The number of methoxy groups -OCH3 is 1. The van der Waals surface area contributed by atoms with Crippen LogP contribution in [0, 0.1) is 0 Å². The summed E-state index contributed by atoms with van der Waals surface area (Å²) >= 11 is 1.64. The summed E-state index contributed by atoms with van der Waals surface area (Å²) in [6.45, 7) is 1.16. The van der Waals surface area contributed by atoms with Gasteiger partial charge in [-0.25, -0.2) is 4.98 Å². The molecule has 0 N–H and O–H groups in total. The maximum Gasteiger partial charge on any atom is 0.124 e. The molecule has 1 heterocycles. The molecular formula is C15H17NO2S. The molecule has 4 heteroatoms. The smallest absolute Gasteiger partial charge is 0.124 e. The molecule has 1 aliphatic rings. The van der Waals surface area contributed by atoms with Crippen LogP contribution in [0.3, 0.4) is 0 Å². The lowest BCUT2D eigenvalue weighted by Gasteiger charge is -2.06. The molecule has 1 aromatic heterocycles. The zero-order valence-corrected chi connectivity index (χ0v) is 11.8. The van der Waals surface area contributed by atoms with Gasteiger partial charge in [-0.1, -0.05) is 6.07 Å². The number of ether oxygens (including phenoxy) is 2. The SMILES string of the molecule is COCc1ncc(COc2ccc3c(c2)CCC3)s1. The van der Waals surface area contributed by atoms with Gasteiger partial charge in [0.25, 0.3) is 0 Å². The van der Waals surface area contributed by atoms with Gasteiger partial charge < -0.3 is 9.47 Å². The van der Waals surface area contributed by atoms with E-state index < -0.39 is 0 Å². The quantitative estimate of drug-likeness (QED) is 0.838. The fourth-order valence-corrected chi connectivity index (χ4v) is 3.21. The van der Waals surface area contributed by atoms with E-state index in [4.69, 9.17) is 9.47 Å². The summed E-state index contributed by atoms with van der Waals surface area (Å²) in [6, 6.07) is 6.45. The summed E-state index contributed by atoms with van der Waals surface area (Å²) in [6.07, 6.45) is 5.54. The lowest BCUT2D eigenvalue weighted by molar-refractivity contribution is 0.184. The molecule has 2 aromatic rings. The highest BCUT2D eigenvalue weighted by molar-refractivity contribution is 7.11. The molecule has 0 aliphatic heterocycles. The van der Waals surface area contributed by atoms with E-state index in [2.05, 4.69) is 23.2 Å². The van der Waals surface area contributed by atoms with E-state index in [1.54, 1.807) is 18.4 Å². The number of hydrogen-bond acceptors (Lipinski definition) is 4. The summed E-state index contributed by atoms with van der Waals surface area (Å²) in [5.41, 5.74) is 2.93. The van der Waals surface area contributed by atoms with Gasteiger partial charge in [0.1, 0.15) is 17.4 Å². The average Bonchev–Trinajstić information content (AvgIpc) is 3.04. The number of aromatic nitrogens is 1. The monoisotopic (exact) mass is 275 g/mol. The van der Waals surface area contributed by atoms with Crippen molar-refractivity contribution >= 4 is 11.3 Å². The number of benzene rings is 1. The molecule has 1 aromatic carbocycles. The summed E-state index contributed by atoms with van der Waals surface area (Å²) in [4.78, 5) is 5.42. The zero-order chi connectivity index (χ0) is 13.1. The third kappa shape index (κ3) is 2.96. The fraction of sp³-hybridized carbons (Fsp3) is 0.400. The maximum atomic E-state index is 5.84. The van der Waals surface area contributed by atoms with Gasteiger partial charge in [-0.2, -0.15) is 0 Å². The van der Waals surface area contributed by atoms with Gasteiger partial charge in [0.15, 0.2) is 0 Å². The third-order valence-electron chi connectivity index (χ3n) is 3.32. The van der Waals surface area contributed by atoms with Crippen LogP contribution in [-0.4, -0.2) is 12.1 Å². The minimum atomic E-state index is 0.573. The Kier molecular flexibility index (Phi) is 3.80. The molecule has 0 saturated carbocycles. The van der Waals surface area contributed by atoms with Crippen molar-refractivity contribution < 1.29 is 9.47 Å². The van der Waals surface area contributed by atoms with Gasteiger partial charge in [0.05, 0.1) is 11.5 Å². The van der Waals surface area contributed by atoms with Crippen molar-refractivity contribution in [3.63, 3.8) is 0 Å². The predicted octanol–water partition coefficient (Wildman–Crippen LogP) is 3.36. The molecule has 1 aliphatic carbocycles. The lowest BCUT2D eigenvalue weighted by atomic mass is 10.1. The maximum absolute atomic E-state index is 5.84. The number of fused-ring (bicyclic) bond motifs is 1. The minimum absolute atomic E-state index is 0.573. The first-order valence-electron chi connectivity index (χ1n) is 6.52. The molecule has 0 atom stereocenters. The van der Waals surface area contributed by atoms with E-state index in [9.17, 15) is 0 Å². The average molecular weight is 275 g/mol. The Labute approximate surface area is 117 Å². The Bertz CT molecular complexity index is 565. The van der Waals surface area contributed by atoms with Crippen LogP contribution in [0.2, 0.25) is 0 Å². The molecule has 0 fully saturated rings. The van der Waals surface area contributed by atoms with Gasteiger partial charge in [0, 0.05) is 13.3 Å². The van der Waals surface area contributed by atoms with Crippen LogP contribution in [0.4, 0.5) is 0 Å². The summed E-state index contributed by atoms with van der Waals surface area (Å²) in [5, 5.41) is 0.995. The Hall–Kier alpha value is -1.39. The highest BCUT2D eigenvalue weighted by atomic mass is 32.1. The van der Waals surface area contributed by atoms with Gasteiger partial charge in [0.2, 0.25) is 0 Å².